The second kappa shape index (κ2) is 17.5. The Labute approximate surface area is 242 Å². The van der Waals surface area contributed by atoms with Gasteiger partial charge in [0.1, 0.15) is 0 Å². The van der Waals surface area contributed by atoms with Gasteiger partial charge in [-0.15, -0.1) is 0 Å². The first-order valence-corrected chi connectivity index (χ1v) is 16.9. The monoisotopic (exact) mass is 543 g/mol. The van der Waals surface area contributed by atoms with Gasteiger partial charge in [-0.1, -0.05) is 106 Å². The van der Waals surface area contributed by atoms with Gasteiger partial charge in [-0.25, -0.2) is 0 Å². The van der Waals surface area contributed by atoms with Crippen LogP contribution >= 0.6 is 7.92 Å². The molecular formula is C37H54NP. The lowest BCUT2D eigenvalue weighted by Crippen LogP contribution is -2.13. The van der Waals surface area contributed by atoms with Crippen molar-refractivity contribution in [1.82, 2.24) is 0 Å². The van der Waals surface area contributed by atoms with Crippen LogP contribution in [0.4, 0.5) is 0 Å². The van der Waals surface area contributed by atoms with Crippen LogP contribution in [-0.4, -0.2) is 18.0 Å². The number of nitrogens with zero attached hydrogens (tertiary/aromatic N) is 1. The standard InChI is InChI=1S/C37H54NP/c1-10-12-14-20-33-22-17-23-34-21-16-13-15-19-30(6)37(32(8)36(33)34)38-31(7)24-25-35(18-11-2)39(9)27-29(5)26-28(3)4/h11-19,23,26-27,30,33,35H,10,20-22,24-25H2,1-9H3/b14-12?,16-13-,18-11?,19-15-,29-27-,37-32+,38-31?. The van der Waals surface area contributed by atoms with Crippen molar-refractivity contribution < 1.29 is 0 Å². The molecule has 0 N–H and O–H groups in total. The second-order valence-corrected chi connectivity index (χ2v) is 13.7. The fraction of sp³-hybridized carbons (Fsp3) is 0.486. The molecule has 1 nitrogen and oxygen atoms in total. The lowest BCUT2D eigenvalue weighted by atomic mass is 9.78. The van der Waals surface area contributed by atoms with E-state index in [1.165, 1.54) is 39.3 Å². The van der Waals surface area contributed by atoms with Crippen molar-refractivity contribution >= 4 is 13.6 Å². The van der Waals surface area contributed by atoms with Crippen molar-refractivity contribution in [2.24, 2.45) is 16.8 Å². The maximum Gasteiger partial charge on any atom is 0.0500 e. The first-order chi connectivity index (χ1) is 18.7. The van der Waals surface area contributed by atoms with Gasteiger partial charge >= 0.3 is 0 Å². The van der Waals surface area contributed by atoms with Gasteiger partial charge in [0.2, 0.25) is 0 Å². The fourth-order valence-electron chi connectivity index (χ4n) is 5.66. The topological polar surface area (TPSA) is 12.4 Å². The zero-order valence-electron chi connectivity index (χ0n) is 26.3. The highest BCUT2D eigenvalue weighted by Gasteiger charge is 2.24. The molecule has 0 aliphatic heterocycles. The lowest BCUT2D eigenvalue weighted by molar-refractivity contribution is 0.618. The molecular weight excluding hydrogens is 489 g/mol. The third kappa shape index (κ3) is 11.0. The Morgan fingerprint density at radius 3 is 2.59 bits per heavy atom. The van der Waals surface area contributed by atoms with E-state index in [4.69, 9.17) is 4.99 Å². The third-order valence-corrected chi connectivity index (χ3v) is 9.79. The van der Waals surface area contributed by atoms with Gasteiger partial charge in [0.15, 0.2) is 0 Å². The van der Waals surface area contributed by atoms with E-state index in [1.54, 1.807) is 0 Å². The van der Waals surface area contributed by atoms with E-state index in [-0.39, 0.29) is 13.8 Å². The van der Waals surface area contributed by atoms with Crippen molar-refractivity contribution in [3.63, 3.8) is 0 Å². The molecule has 0 bridgehead atoms. The Morgan fingerprint density at radius 1 is 1.13 bits per heavy atom. The summed E-state index contributed by atoms with van der Waals surface area (Å²) in [6.45, 7) is 20.2. The molecule has 0 amide bonds. The van der Waals surface area contributed by atoms with E-state index in [0.717, 1.165) is 38.5 Å². The minimum atomic E-state index is -0.227. The molecule has 0 aromatic heterocycles. The van der Waals surface area contributed by atoms with E-state index < -0.39 is 0 Å². The summed E-state index contributed by atoms with van der Waals surface area (Å²) < 4.78 is 0. The Hall–Kier alpha value is -2.24. The molecule has 0 radical (unpaired) electrons. The maximum atomic E-state index is 5.39. The van der Waals surface area contributed by atoms with Crippen molar-refractivity contribution in [3.8, 4) is 0 Å². The normalized spacial score (nSPS) is 26.1. The van der Waals surface area contributed by atoms with Gasteiger partial charge in [-0.2, -0.15) is 0 Å². The van der Waals surface area contributed by atoms with Crippen LogP contribution in [0, 0.1) is 11.8 Å². The highest BCUT2D eigenvalue weighted by atomic mass is 31.1. The number of hydrogen-bond donors (Lipinski definition) is 0. The highest BCUT2D eigenvalue weighted by Crippen LogP contribution is 2.43. The minimum Gasteiger partial charge on any atom is -0.262 e. The fourth-order valence-corrected chi connectivity index (χ4v) is 7.55. The second-order valence-electron chi connectivity index (χ2n) is 11.4. The van der Waals surface area contributed by atoms with Gasteiger partial charge in [-0.05, 0) is 109 Å². The zero-order chi connectivity index (χ0) is 28.8. The summed E-state index contributed by atoms with van der Waals surface area (Å²) >= 11 is 0. The summed E-state index contributed by atoms with van der Waals surface area (Å²) in [6, 6.07) is 0. The van der Waals surface area contributed by atoms with Crippen LogP contribution < -0.4 is 0 Å². The Kier molecular flexibility index (Phi) is 14.8. The minimum absolute atomic E-state index is 0.227. The molecule has 2 rings (SSSR count). The van der Waals surface area contributed by atoms with E-state index >= 15 is 0 Å². The molecule has 0 aromatic carbocycles. The van der Waals surface area contributed by atoms with E-state index in [2.05, 4.69) is 135 Å². The molecule has 4 atom stereocenters. The summed E-state index contributed by atoms with van der Waals surface area (Å²) in [6.07, 6.45) is 31.9. The molecule has 4 unspecified atom stereocenters. The number of aliphatic imine (C=N–C) groups is 1. The van der Waals surface area contributed by atoms with Crippen LogP contribution in [-0.2, 0) is 0 Å². The zero-order valence-corrected chi connectivity index (χ0v) is 27.2. The predicted molar refractivity (Wildman–Crippen MR) is 180 cm³/mol. The molecule has 212 valence electrons. The quantitative estimate of drug-likeness (QED) is 0.106. The number of rotatable bonds is 11. The largest absolute Gasteiger partial charge is 0.262 e. The molecule has 0 fully saturated rings. The van der Waals surface area contributed by atoms with Gasteiger partial charge in [0, 0.05) is 17.3 Å². The van der Waals surface area contributed by atoms with Crippen LogP contribution in [0.25, 0.3) is 0 Å². The summed E-state index contributed by atoms with van der Waals surface area (Å²) in [7, 11) is -0.227. The lowest BCUT2D eigenvalue weighted by Gasteiger charge is -2.28. The summed E-state index contributed by atoms with van der Waals surface area (Å²) in [4.78, 5) is 5.39. The maximum absolute atomic E-state index is 5.39. The number of hydrogen-bond acceptors (Lipinski definition) is 1. The molecule has 0 saturated heterocycles. The van der Waals surface area contributed by atoms with Crippen molar-refractivity contribution in [3.05, 3.63) is 106 Å². The molecule has 0 heterocycles. The molecule has 2 aliphatic carbocycles. The first kappa shape index (κ1) is 33.0. The molecule has 0 spiro atoms. The average molecular weight is 544 g/mol. The number of allylic oxidation sites excluding steroid dienone is 16. The Bertz CT molecular complexity index is 1110. The van der Waals surface area contributed by atoms with Crippen LogP contribution in [0.15, 0.2) is 111 Å². The Morgan fingerprint density at radius 2 is 1.90 bits per heavy atom. The predicted octanol–water partition coefficient (Wildman–Crippen LogP) is 11.8. The van der Waals surface area contributed by atoms with Crippen LogP contribution in [0.5, 0.6) is 0 Å². The van der Waals surface area contributed by atoms with Crippen molar-refractivity contribution in [2.45, 2.75) is 99.6 Å². The van der Waals surface area contributed by atoms with Gasteiger partial charge in [0.25, 0.3) is 0 Å². The van der Waals surface area contributed by atoms with Gasteiger partial charge in [-0.3, -0.25) is 4.99 Å². The van der Waals surface area contributed by atoms with Crippen LogP contribution in [0.3, 0.4) is 0 Å². The SMILES string of the molecule is CC=CC(CCC(C)=N/C1=C(\C)C2=C(C=CCC2CC=CCC)C/C=C\C=C/C1C)P(C)/C=C(/C)C=C(C)C. The molecule has 2 heteroatoms. The van der Waals surface area contributed by atoms with E-state index in [9.17, 15) is 0 Å². The molecule has 0 saturated carbocycles. The summed E-state index contributed by atoms with van der Waals surface area (Å²) in [5.74, 6) is 3.30. The third-order valence-electron chi connectivity index (χ3n) is 7.50. The summed E-state index contributed by atoms with van der Waals surface area (Å²) in [5.41, 5.74) is 10.2. The van der Waals surface area contributed by atoms with E-state index in [0.29, 0.717) is 11.6 Å². The van der Waals surface area contributed by atoms with Crippen LogP contribution in [0.1, 0.15) is 93.9 Å². The molecule has 39 heavy (non-hydrogen) atoms. The van der Waals surface area contributed by atoms with Gasteiger partial charge in [0.05, 0.1) is 5.70 Å². The smallest absolute Gasteiger partial charge is 0.0500 e. The molecule has 0 aromatic rings. The van der Waals surface area contributed by atoms with Crippen molar-refractivity contribution in [2.75, 3.05) is 6.66 Å². The first-order valence-electron chi connectivity index (χ1n) is 15.0. The van der Waals surface area contributed by atoms with Crippen LogP contribution in [0.2, 0.25) is 0 Å². The average Bonchev–Trinajstić information content (AvgIpc) is 2.88. The highest BCUT2D eigenvalue weighted by molar-refractivity contribution is 7.61. The summed E-state index contributed by atoms with van der Waals surface area (Å²) in [5, 5.41) is 0. The van der Waals surface area contributed by atoms with Crippen molar-refractivity contribution in [1.29, 1.82) is 0 Å². The molecule has 2 aliphatic rings. The van der Waals surface area contributed by atoms with E-state index in [1.807, 2.05) is 0 Å². The Balaban J connectivity index is 2.40. The van der Waals surface area contributed by atoms with Gasteiger partial charge < -0.3 is 0 Å².